The fraction of sp³-hybridized carbons (Fsp3) is 0.190. The standard InChI is InChI=1S/C21H20N2O5S2/c1-12(19(25)22-14-7-5-4-6-8-14)23-20(26)17(30-21(23)29)11-13-9-15(27-2)18(24)16(10-13)28-3/h4-12,24H,1-3H3,(H,22,25)/b17-11-. The van der Waals surface area contributed by atoms with Gasteiger partial charge >= 0.3 is 0 Å². The van der Waals surface area contributed by atoms with Crippen molar-refractivity contribution in [1.82, 2.24) is 4.90 Å². The van der Waals surface area contributed by atoms with Crippen molar-refractivity contribution in [3.8, 4) is 17.2 Å². The van der Waals surface area contributed by atoms with Crippen LogP contribution >= 0.6 is 24.0 Å². The molecule has 2 amide bonds. The summed E-state index contributed by atoms with van der Waals surface area (Å²) in [7, 11) is 2.84. The van der Waals surface area contributed by atoms with Gasteiger partial charge in [0.25, 0.3) is 5.91 Å². The molecule has 30 heavy (non-hydrogen) atoms. The van der Waals surface area contributed by atoms with Crippen LogP contribution in [0.4, 0.5) is 5.69 Å². The van der Waals surface area contributed by atoms with Crippen molar-refractivity contribution in [2.45, 2.75) is 13.0 Å². The lowest BCUT2D eigenvalue weighted by molar-refractivity contribution is -0.129. The van der Waals surface area contributed by atoms with Gasteiger partial charge in [0.15, 0.2) is 11.5 Å². The monoisotopic (exact) mass is 444 g/mol. The average Bonchev–Trinajstić information content (AvgIpc) is 3.02. The molecule has 2 aromatic rings. The van der Waals surface area contributed by atoms with Gasteiger partial charge in [0, 0.05) is 5.69 Å². The number of carbonyl (C=O) groups is 2. The third-order valence-electron chi connectivity index (χ3n) is 4.43. The number of nitrogens with zero attached hydrogens (tertiary/aromatic N) is 1. The molecule has 0 radical (unpaired) electrons. The molecule has 1 aliphatic rings. The smallest absolute Gasteiger partial charge is 0.266 e. The Hall–Kier alpha value is -3.04. The van der Waals surface area contributed by atoms with Crippen LogP contribution in [0.25, 0.3) is 6.08 Å². The van der Waals surface area contributed by atoms with Crippen LogP contribution in [0, 0.1) is 0 Å². The second-order valence-corrected chi connectivity index (χ2v) is 8.03. The van der Waals surface area contributed by atoms with Crippen LogP contribution in [-0.4, -0.2) is 46.4 Å². The maximum atomic E-state index is 13.0. The number of hydrogen-bond donors (Lipinski definition) is 2. The highest BCUT2D eigenvalue weighted by molar-refractivity contribution is 8.26. The number of phenols is 1. The minimum Gasteiger partial charge on any atom is -0.502 e. The van der Waals surface area contributed by atoms with E-state index in [-0.39, 0.29) is 29.1 Å². The molecule has 1 unspecified atom stereocenters. The Morgan fingerprint density at radius 3 is 2.37 bits per heavy atom. The summed E-state index contributed by atoms with van der Waals surface area (Å²) in [5.41, 5.74) is 1.22. The fourth-order valence-corrected chi connectivity index (χ4v) is 4.27. The van der Waals surface area contributed by atoms with Crippen molar-refractivity contribution < 1.29 is 24.2 Å². The fourth-order valence-electron chi connectivity index (χ4n) is 2.85. The van der Waals surface area contributed by atoms with Gasteiger partial charge in [-0.3, -0.25) is 14.5 Å². The molecule has 2 N–H and O–H groups in total. The zero-order valence-electron chi connectivity index (χ0n) is 16.5. The number of hydrogen-bond acceptors (Lipinski definition) is 7. The van der Waals surface area contributed by atoms with Crippen LogP contribution in [0.3, 0.4) is 0 Å². The van der Waals surface area contributed by atoms with Gasteiger partial charge in [-0.05, 0) is 42.8 Å². The van der Waals surface area contributed by atoms with Crippen LogP contribution in [-0.2, 0) is 9.59 Å². The summed E-state index contributed by atoms with van der Waals surface area (Å²) < 4.78 is 10.6. The van der Waals surface area contributed by atoms with Gasteiger partial charge in [-0.2, -0.15) is 0 Å². The molecule has 0 spiro atoms. The topological polar surface area (TPSA) is 88.1 Å². The Labute approximate surface area is 183 Å². The lowest BCUT2D eigenvalue weighted by Gasteiger charge is -2.22. The molecule has 1 heterocycles. The minimum absolute atomic E-state index is 0.129. The lowest BCUT2D eigenvalue weighted by Crippen LogP contribution is -2.44. The van der Waals surface area contributed by atoms with E-state index >= 15 is 0 Å². The molecular formula is C21H20N2O5S2. The van der Waals surface area contributed by atoms with Gasteiger partial charge in [0.05, 0.1) is 19.1 Å². The van der Waals surface area contributed by atoms with Crippen molar-refractivity contribution in [1.29, 1.82) is 0 Å². The SMILES string of the molecule is COc1cc(/C=C2\SC(=S)N(C(C)C(=O)Nc3ccccc3)C2=O)cc(OC)c1O. The second-order valence-electron chi connectivity index (χ2n) is 6.36. The van der Waals surface area contributed by atoms with Gasteiger partial charge < -0.3 is 19.9 Å². The van der Waals surface area contributed by atoms with Gasteiger partial charge in [0.1, 0.15) is 10.4 Å². The van der Waals surface area contributed by atoms with Crippen LogP contribution < -0.4 is 14.8 Å². The summed E-state index contributed by atoms with van der Waals surface area (Å²) in [5.74, 6) is -0.410. The summed E-state index contributed by atoms with van der Waals surface area (Å²) in [4.78, 5) is 27.2. The van der Waals surface area contributed by atoms with E-state index < -0.39 is 6.04 Å². The zero-order valence-corrected chi connectivity index (χ0v) is 18.2. The number of benzene rings is 2. The van der Waals surface area contributed by atoms with Gasteiger partial charge in [0.2, 0.25) is 11.7 Å². The maximum absolute atomic E-state index is 13.0. The molecule has 7 nitrogen and oxygen atoms in total. The van der Waals surface area contributed by atoms with E-state index in [0.717, 1.165) is 11.8 Å². The number of para-hydroxylation sites is 1. The second kappa shape index (κ2) is 9.19. The number of phenolic OH excluding ortho intramolecular Hbond substituents is 1. The van der Waals surface area contributed by atoms with E-state index in [2.05, 4.69) is 5.32 Å². The number of nitrogens with one attached hydrogen (secondary N) is 1. The quantitative estimate of drug-likeness (QED) is 0.519. The third kappa shape index (κ3) is 4.42. The molecule has 0 saturated carbocycles. The van der Waals surface area contributed by atoms with E-state index in [0.29, 0.717) is 20.5 Å². The highest BCUT2D eigenvalue weighted by atomic mass is 32.2. The summed E-state index contributed by atoms with van der Waals surface area (Å²) >= 11 is 6.45. The molecule has 0 aromatic heterocycles. The van der Waals surface area contributed by atoms with Crippen molar-refractivity contribution in [2.75, 3.05) is 19.5 Å². The molecule has 0 bridgehead atoms. The molecule has 0 aliphatic carbocycles. The molecular weight excluding hydrogens is 424 g/mol. The van der Waals surface area contributed by atoms with Crippen LogP contribution in [0.2, 0.25) is 0 Å². The summed E-state index contributed by atoms with van der Waals surface area (Å²) in [6.07, 6.45) is 1.62. The molecule has 156 valence electrons. The number of thiocarbonyl (C=S) groups is 1. The first-order valence-electron chi connectivity index (χ1n) is 8.93. The first kappa shape index (κ1) is 21.7. The number of aromatic hydroxyl groups is 1. The number of carbonyl (C=O) groups excluding carboxylic acids is 2. The summed E-state index contributed by atoms with van der Waals surface area (Å²) in [6, 6.07) is 11.4. The summed E-state index contributed by atoms with van der Waals surface area (Å²) in [5, 5.41) is 12.8. The van der Waals surface area contributed by atoms with Gasteiger partial charge in [-0.1, -0.05) is 42.2 Å². The number of anilines is 1. The average molecular weight is 445 g/mol. The molecule has 3 rings (SSSR count). The van der Waals surface area contributed by atoms with Crippen LogP contribution in [0.15, 0.2) is 47.4 Å². The zero-order chi connectivity index (χ0) is 21.8. The van der Waals surface area contributed by atoms with E-state index in [9.17, 15) is 14.7 Å². The number of methoxy groups -OCH3 is 2. The Morgan fingerprint density at radius 1 is 1.20 bits per heavy atom. The van der Waals surface area contributed by atoms with Crippen molar-refractivity contribution in [2.24, 2.45) is 0 Å². The van der Waals surface area contributed by atoms with E-state index in [4.69, 9.17) is 21.7 Å². The number of amides is 2. The predicted octanol–water partition coefficient (Wildman–Crippen LogP) is 3.64. The predicted molar refractivity (Wildman–Crippen MR) is 121 cm³/mol. The normalized spacial score (nSPS) is 16.0. The Morgan fingerprint density at radius 2 is 1.80 bits per heavy atom. The molecule has 1 saturated heterocycles. The minimum atomic E-state index is -0.785. The molecule has 2 aromatic carbocycles. The van der Waals surface area contributed by atoms with Crippen molar-refractivity contribution >= 4 is 51.9 Å². The van der Waals surface area contributed by atoms with Crippen molar-refractivity contribution in [3.05, 3.63) is 52.9 Å². The van der Waals surface area contributed by atoms with Crippen molar-refractivity contribution in [3.63, 3.8) is 0 Å². The number of rotatable bonds is 6. The number of ether oxygens (including phenoxy) is 2. The Balaban J connectivity index is 1.83. The highest BCUT2D eigenvalue weighted by Gasteiger charge is 2.38. The van der Waals surface area contributed by atoms with Gasteiger partial charge in [-0.25, -0.2) is 0 Å². The summed E-state index contributed by atoms with van der Waals surface area (Å²) in [6.45, 7) is 1.62. The van der Waals surface area contributed by atoms with Crippen LogP contribution in [0.1, 0.15) is 12.5 Å². The first-order valence-corrected chi connectivity index (χ1v) is 10.2. The lowest BCUT2D eigenvalue weighted by atomic mass is 10.1. The van der Waals surface area contributed by atoms with E-state index in [1.54, 1.807) is 37.3 Å². The molecule has 1 aliphatic heterocycles. The first-order chi connectivity index (χ1) is 14.3. The van der Waals surface area contributed by atoms with E-state index in [1.165, 1.54) is 19.1 Å². The Kier molecular flexibility index (Phi) is 6.63. The number of thioether (sulfide) groups is 1. The molecule has 9 heteroatoms. The Bertz CT molecular complexity index is 998. The van der Waals surface area contributed by atoms with Crippen LogP contribution in [0.5, 0.6) is 17.2 Å². The maximum Gasteiger partial charge on any atom is 0.266 e. The van der Waals surface area contributed by atoms with Gasteiger partial charge in [-0.15, -0.1) is 0 Å². The highest BCUT2D eigenvalue weighted by Crippen LogP contribution is 2.40. The largest absolute Gasteiger partial charge is 0.502 e. The van der Waals surface area contributed by atoms with E-state index in [1.807, 2.05) is 18.2 Å². The molecule has 1 atom stereocenters. The third-order valence-corrected chi connectivity index (χ3v) is 5.76. The molecule has 1 fully saturated rings.